The number of para-hydroxylation sites is 1. The van der Waals surface area contributed by atoms with E-state index in [2.05, 4.69) is 27.8 Å². The highest BCUT2D eigenvalue weighted by Crippen LogP contribution is 2.44. The van der Waals surface area contributed by atoms with Crippen LogP contribution in [0.1, 0.15) is 35.7 Å². The maximum Gasteiger partial charge on any atom is 0.227 e. The van der Waals surface area contributed by atoms with Gasteiger partial charge < -0.3 is 14.2 Å². The number of aryl methyl sites for hydroxylation is 1. The highest BCUT2D eigenvalue weighted by molar-refractivity contribution is 5.89. The number of ether oxygens (including phenoxy) is 1. The van der Waals surface area contributed by atoms with Crippen molar-refractivity contribution in [3.05, 3.63) is 77.7 Å². The number of carbonyl (C=O) groups is 1. The predicted octanol–water partition coefficient (Wildman–Crippen LogP) is 4.20. The lowest BCUT2D eigenvalue weighted by Gasteiger charge is -2.35. The first kappa shape index (κ1) is 19.2. The number of nitrogens with zero attached hydrogens (tertiary/aromatic N) is 4. The molecule has 2 aliphatic rings. The number of benzene rings is 2. The molecule has 2 atom stereocenters. The molecule has 162 valence electrons. The van der Waals surface area contributed by atoms with Gasteiger partial charge in [-0.2, -0.15) is 5.10 Å². The summed E-state index contributed by atoms with van der Waals surface area (Å²) in [6.45, 7) is 0. The van der Waals surface area contributed by atoms with E-state index in [4.69, 9.17) is 9.84 Å². The SMILES string of the molecule is COc1ccc(-n2ncc3c2C[C@H]2CC[C@H]3N2C(=O)Cc2cn(C)c3ccccc23)cc1. The van der Waals surface area contributed by atoms with Gasteiger partial charge in [-0.3, -0.25) is 4.79 Å². The van der Waals surface area contributed by atoms with Gasteiger partial charge in [0.05, 0.1) is 37.2 Å². The van der Waals surface area contributed by atoms with Crippen LogP contribution >= 0.6 is 0 Å². The fourth-order valence-electron chi connectivity index (χ4n) is 5.62. The molecule has 1 amide bonds. The van der Waals surface area contributed by atoms with Crippen molar-refractivity contribution in [2.24, 2.45) is 7.05 Å². The average Bonchev–Trinajstić information content (AvgIpc) is 3.48. The third-order valence-electron chi connectivity index (χ3n) is 7.12. The van der Waals surface area contributed by atoms with Gasteiger partial charge in [0.2, 0.25) is 5.91 Å². The zero-order valence-electron chi connectivity index (χ0n) is 18.4. The number of carbonyl (C=O) groups excluding carboxylic acids is 1. The molecule has 6 heteroatoms. The number of fused-ring (bicyclic) bond motifs is 5. The van der Waals surface area contributed by atoms with Gasteiger partial charge in [-0.15, -0.1) is 0 Å². The van der Waals surface area contributed by atoms with Gasteiger partial charge in [0.15, 0.2) is 0 Å². The molecule has 0 saturated carbocycles. The summed E-state index contributed by atoms with van der Waals surface area (Å²) in [7, 11) is 3.72. The maximum absolute atomic E-state index is 13.5. The van der Waals surface area contributed by atoms with E-state index in [0.29, 0.717) is 6.42 Å². The third-order valence-corrected chi connectivity index (χ3v) is 7.12. The predicted molar refractivity (Wildman–Crippen MR) is 123 cm³/mol. The van der Waals surface area contributed by atoms with Crippen LogP contribution in [0, 0.1) is 0 Å². The van der Waals surface area contributed by atoms with Crippen LogP contribution in [0.5, 0.6) is 5.75 Å². The molecule has 1 saturated heterocycles. The van der Waals surface area contributed by atoms with E-state index in [0.717, 1.165) is 36.3 Å². The van der Waals surface area contributed by atoms with Crippen LogP contribution in [-0.4, -0.2) is 38.3 Å². The first-order valence-electron chi connectivity index (χ1n) is 11.2. The summed E-state index contributed by atoms with van der Waals surface area (Å²) in [6.07, 6.45) is 7.40. The molecular weight excluding hydrogens is 400 g/mol. The Balaban J connectivity index is 1.30. The van der Waals surface area contributed by atoms with Gasteiger partial charge in [-0.1, -0.05) is 18.2 Å². The second kappa shape index (κ2) is 7.26. The van der Waals surface area contributed by atoms with E-state index >= 15 is 0 Å². The van der Waals surface area contributed by atoms with E-state index < -0.39 is 0 Å². The standard InChI is InChI=1S/C26H26N4O2/c1-28-16-17(21-5-3-4-6-23(21)28)13-26(31)29-19-9-12-24(29)22-15-27-30(25(22)14-19)18-7-10-20(32-2)11-8-18/h3-8,10-11,15-16,19,24H,9,12-14H2,1-2H3/t19-,24-/m1/s1. The van der Waals surface area contributed by atoms with E-state index in [1.807, 2.05) is 54.3 Å². The Labute approximate surface area is 187 Å². The Kier molecular flexibility index (Phi) is 4.35. The van der Waals surface area contributed by atoms with Gasteiger partial charge >= 0.3 is 0 Å². The quantitative estimate of drug-likeness (QED) is 0.491. The molecule has 2 aromatic carbocycles. The Bertz CT molecular complexity index is 1320. The van der Waals surface area contributed by atoms with Crippen LogP contribution in [0.2, 0.25) is 0 Å². The summed E-state index contributed by atoms with van der Waals surface area (Å²) in [5.74, 6) is 1.05. The smallest absolute Gasteiger partial charge is 0.227 e. The van der Waals surface area contributed by atoms with E-state index in [-0.39, 0.29) is 18.0 Å². The molecule has 32 heavy (non-hydrogen) atoms. The molecule has 4 heterocycles. The fourth-order valence-corrected chi connectivity index (χ4v) is 5.62. The fraction of sp³-hybridized carbons (Fsp3) is 0.308. The van der Waals surface area contributed by atoms with E-state index in [1.54, 1.807) is 7.11 Å². The second-order valence-electron chi connectivity index (χ2n) is 8.87. The summed E-state index contributed by atoms with van der Waals surface area (Å²) in [6, 6.07) is 16.6. The molecule has 0 aliphatic carbocycles. The molecule has 6 nitrogen and oxygen atoms in total. The molecule has 2 aliphatic heterocycles. The minimum Gasteiger partial charge on any atom is -0.497 e. The van der Waals surface area contributed by atoms with Crippen LogP contribution in [0.3, 0.4) is 0 Å². The lowest BCUT2D eigenvalue weighted by atomic mass is 9.98. The molecule has 6 rings (SSSR count). The molecule has 0 spiro atoms. The van der Waals surface area contributed by atoms with Crippen molar-refractivity contribution in [3.63, 3.8) is 0 Å². The molecule has 0 unspecified atom stereocenters. The molecule has 1 fully saturated rings. The van der Waals surface area contributed by atoms with Crippen LogP contribution in [-0.2, 0) is 24.7 Å². The van der Waals surface area contributed by atoms with Gasteiger partial charge in [0.25, 0.3) is 0 Å². The largest absolute Gasteiger partial charge is 0.497 e. The summed E-state index contributed by atoms with van der Waals surface area (Å²) in [4.78, 5) is 15.7. The first-order chi connectivity index (χ1) is 15.6. The van der Waals surface area contributed by atoms with Crippen molar-refractivity contribution in [2.45, 2.75) is 37.8 Å². The van der Waals surface area contributed by atoms with Crippen LogP contribution in [0.15, 0.2) is 60.9 Å². The summed E-state index contributed by atoms with van der Waals surface area (Å²) >= 11 is 0. The number of amides is 1. The molecule has 4 aromatic rings. The lowest BCUT2D eigenvalue weighted by Crippen LogP contribution is -2.42. The van der Waals surface area contributed by atoms with Crippen molar-refractivity contribution >= 4 is 16.8 Å². The third kappa shape index (κ3) is 2.86. The Morgan fingerprint density at radius 3 is 2.75 bits per heavy atom. The summed E-state index contributed by atoms with van der Waals surface area (Å²) < 4.78 is 9.43. The zero-order chi connectivity index (χ0) is 21.8. The molecular formula is C26H26N4O2. The number of hydrogen-bond acceptors (Lipinski definition) is 3. The number of methoxy groups -OCH3 is 1. The Morgan fingerprint density at radius 1 is 1.12 bits per heavy atom. The Morgan fingerprint density at radius 2 is 1.94 bits per heavy atom. The number of hydrogen-bond donors (Lipinski definition) is 0. The monoisotopic (exact) mass is 426 g/mol. The van der Waals surface area contributed by atoms with Crippen LogP contribution < -0.4 is 4.74 Å². The van der Waals surface area contributed by atoms with Crippen LogP contribution in [0.4, 0.5) is 0 Å². The minimum absolute atomic E-state index is 0.123. The van der Waals surface area contributed by atoms with E-state index in [1.165, 1.54) is 22.2 Å². The number of rotatable bonds is 4. The summed E-state index contributed by atoms with van der Waals surface area (Å²) in [5, 5.41) is 5.87. The van der Waals surface area contributed by atoms with Gasteiger partial charge in [0, 0.05) is 42.2 Å². The van der Waals surface area contributed by atoms with Crippen LogP contribution in [0.25, 0.3) is 16.6 Å². The van der Waals surface area contributed by atoms with Gasteiger partial charge in [0.1, 0.15) is 5.75 Å². The topological polar surface area (TPSA) is 52.3 Å². The van der Waals surface area contributed by atoms with Gasteiger partial charge in [-0.05, 0) is 48.7 Å². The first-order valence-corrected chi connectivity index (χ1v) is 11.2. The Hall–Kier alpha value is -3.54. The molecule has 0 N–H and O–H groups in total. The molecule has 2 bridgehead atoms. The highest BCUT2D eigenvalue weighted by atomic mass is 16.5. The second-order valence-corrected chi connectivity index (χ2v) is 8.87. The van der Waals surface area contributed by atoms with Crippen molar-refractivity contribution < 1.29 is 9.53 Å². The average molecular weight is 427 g/mol. The van der Waals surface area contributed by atoms with E-state index in [9.17, 15) is 4.79 Å². The lowest BCUT2D eigenvalue weighted by molar-refractivity contribution is -0.134. The highest BCUT2D eigenvalue weighted by Gasteiger charge is 2.44. The minimum atomic E-state index is 0.123. The number of aromatic nitrogens is 3. The summed E-state index contributed by atoms with van der Waals surface area (Å²) in [5.41, 5.74) is 5.73. The zero-order valence-corrected chi connectivity index (χ0v) is 18.4. The van der Waals surface area contributed by atoms with Crippen molar-refractivity contribution in [1.29, 1.82) is 0 Å². The normalized spacial score (nSPS) is 19.4. The molecule has 2 aromatic heterocycles. The van der Waals surface area contributed by atoms with Gasteiger partial charge in [-0.25, -0.2) is 4.68 Å². The maximum atomic E-state index is 13.5. The molecule has 0 radical (unpaired) electrons. The van der Waals surface area contributed by atoms with Crippen molar-refractivity contribution in [3.8, 4) is 11.4 Å². The van der Waals surface area contributed by atoms with Crippen molar-refractivity contribution in [2.75, 3.05) is 7.11 Å². The van der Waals surface area contributed by atoms with Crippen molar-refractivity contribution in [1.82, 2.24) is 19.2 Å².